The minimum Gasteiger partial charge on any atom is -0.497 e. The summed E-state index contributed by atoms with van der Waals surface area (Å²) in [7, 11) is 1.62. The molecule has 2 aromatic rings. The highest BCUT2D eigenvalue weighted by atomic mass is 79.9. The zero-order chi connectivity index (χ0) is 17.4. The molecular formula is C18H19BrN2O3. The number of hydrogen-bond acceptors (Lipinski definition) is 3. The summed E-state index contributed by atoms with van der Waals surface area (Å²) in [5.41, 5.74) is 1.71. The average molecular weight is 391 g/mol. The summed E-state index contributed by atoms with van der Waals surface area (Å²) in [4.78, 5) is 23.7. The number of carbonyl (C=O) groups is 2. The van der Waals surface area contributed by atoms with Crippen LogP contribution in [0, 0.1) is 0 Å². The number of carbonyl (C=O) groups excluding carboxylic acids is 2. The first-order valence-corrected chi connectivity index (χ1v) is 8.31. The second-order valence-corrected chi connectivity index (χ2v) is 6.10. The number of nitrogens with one attached hydrogen (secondary N) is 2. The van der Waals surface area contributed by atoms with E-state index in [0.29, 0.717) is 18.7 Å². The fourth-order valence-corrected chi connectivity index (χ4v) is 2.55. The van der Waals surface area contributed by atoms with Gasteiger partial charge in [-0.3, -0.25) is 9.59 Å². The number of halogens is 1. The van der Waals surface area contributed by atoms with Gasteiger partial charge in [0.05, 0.1) is 7.11 Å². The molecule has 0 aromatic heterocycles. The first-order valence-electron chi connectivity index (χ1n) is 7.52. The third-order valence-corrected chi connectivity index (χ3v) is 3.79. The molecule has 0 saturated heterocycles. The first kappa shape index (κ1) is 18.0. The van der Waals surface area contributed by atoms with E-state index < -0.39 is 0 Å². The molecule has 0 unspecified atom stereocenters. The van der Waals surface area contributed by atoms with Gasteiger partial charge in [0, 0.05) is 16.7 Å². The lowest BCUT2D eigenvalue weighted by atomic mass is 10.1. The van der Waals surface area contributed by atoms with E-state index in [1.807, 2.05) is 36.4 Å². The molecule has 0 saturated carbocycles. The Hall–Kier alpha value is -2.34. The van der Waals surface area contributed by atoms with Crippen LogP contribution in [0.4, 0.5) is 5.69 Å². The summed E-state index contributed by atoms with van der Waals surface area (Å²) in [6.07, 6.45) is 0.473. The molecule has 126 valence electrons. The predicted molar refractivity (Wildman–Crippen MR) is 97.1 cm³/mol. The van der Waals surface area contributed by atoms with E-state index in [1.165, 1.54) is 0 Å². The Morgan fingerprint density at radius 2 is 1.88 bits per heavy atom. The maximum Gasteiger partial charge on any atom is 0.233 e. The van der Waals surface area contributed by atoms with Crippen molar-refractivity contribution in [3.8, 4) is 5.75 Å². The summed E-state index contributed by atoms with van der Waals surface area (Å²) in [6.45, 7) is 0.468. The molecule has 0 aliphatic rings. The molecule has 24 heavy (non-hydrogen) atoms. The van der Waals surface area contributed by atoms with Crippen molar-refractivity contribution in [2.75, 3.05) is 19.0 Å². The van der Waals surface area contributed by atoms with Crippen LogP contribution >= 0.6 is 15.9 Å². The SMILES string of the molecule is COc1cccc(CCNC(=O)CC(=O)Nc2cccc(Br)c2)c1. The number of rotatable bonds is 7. The van der Waals surface area contributed by atoms with Gasteiger partial charge in [-0.1, -0.05) is 34.1 Å². The third kappa shape index (κ3) is 6.04. The van der Waals surface area contributed by atoms with Crippen LogP contribution in [0.5, 0.6) is 5.75 Å². The van der Waals surface area contributed by atoms with Gasteiger partial charge >= 0.3 is 0 Å². The molecule has 2 amide bonds. The molecule has 0 heterocycles. The molecule has 0 radical (unpaired) electrons. The van der Waals surface area contributed by atoms with Gasteiger partial charge in [0.1, 0.15) is 12.2 Å². The molecule has 2 rings (SSSR count). The van der Waals surface area contributed by atoms with Crippen molar-refractivity contribution >= 4 is 33.4 Å². The number of methoxy groups -OCH3 is 1. The first-order chi connectivity index (χ1) is 11.6. The quantitative estimate of drug-likeness (QED) is 0.713. The molecule has 2 aromatic carbocycles. The Labute approximate surface area is 149 Å². The highest BCUT2D eigenvalue weighted by Crippen LogP contribution is 2.15. The van der Waals surface area contributed by atoms with Gasteiger partial charge in [-0.15, -0.1) is 0 Å². The molecule has 6 heteroatoms. The lowest BCUT2D eigenvalue weighted by Gasteiger charge is -2.08. The van der Waals surface area contributed by atoms with Crippen molar-refractivity contribution < 1.29 is 14.3 Å². The summed E-state index contributed by atoms with van der Waals surface area (Å²) in [5.74, 6) is 0.143. The minimum atomic E-state index is -0.341. The average Bonchev–Trinajstić information content (AvgIpc) is 2.55. The number of hydrogen-bond donors (Lipinski definition) is 2. The topological polar surface area (TPSA) is 67.4 Å². The maximum atomic E-state index is 11.8. The molecule has 0 fully saturated rings. The normalized spacial score (nSPS) is 10.1. The van der Waals surface area contributed by atoms with Crippen molar-refractivity contribution in [3.05, 3.63) is 58.6 Å². The van der Waals surface area contributed by atoms with E-state index in [0.717, 1.165) is 15.8 Å². The second-order valence-electron chi connectivity index (χ2n) is 5.19. The Morgan fingerprint density at radius 3 is 2.62 bits per heavy atom. The van der Waals surface area contributed by atoms with Crippen molar-refractivity contribution in [3.63, 3.8) is 0 Å². The lowest BCUT2D eigenvalue weighted by molar-refractivity contribution is -0.126. The van der Waals surface area contributed by atoms with Crippen LogP contribution < -0.4 is 15.4 Å². The van der Waals surface area contributed by atoms with Crippen LogP contribution in [0.2, 0.25) is 0 Å². The van der Waals surface area contributed by atoms with Gasteiger partial charge in [-0.2, -0.15) is 0 Å². The molecule has 0 atom stereocenters. The summed E-state index contributed by atoms with van der Waals surface area (Å²) in [6, 6.07) is 14.9. The zero-order valence-electron chi connectivity index (χ0n) is 13.3. The molecule has 0 bridgehead atoms. The third-order valence-electron chi connectivity index (χ3n) is 3.30. The van der Waals surface area contributed by atoms with E-state index in [9.17, 15) is 9.59 Å². The van der Waals surface area contributed by atoms with Crippen LogP contribution in [0.1, 0.15) is 12.0 Å². The molecule has 0 spiro atoms. The monoisotopic (exact) mass is 390 g/mol. The van der Waals surface area contributed by atoms with E-state index in [1.54, 1.807) is 19.2 Å². The van der Waals surface area contributed by atoms with Crippen LogP contribution in [0.3, 0.4) is 0 Å². The zero-order valence-corrected chi connectivity index (χ0v) is 14.9. The van der Waals surface area contributed by atoms with E-state index in [4.69, 9.17) is 4.74 Å². The Balaban J connectivity index is 1.73. The summed E-state index contributed by atoms with van der Waals surface area (Å²) >= 11 is 3.33. The van der Waals surface area contributed by atoms with Gasteiger partial charge in [0.15, 0.2) is 0 Å². The highest BCUT2D eigenvalue weighted by molar-refractivity contribution is 9.10. The number of amides is 2. The van der Waals surface area contributed by atoms with Gasteiger partial charge in [0.2, 0.25) is 11.8 Å². The van der Waals surface area contributed by atoms with Gasteiger partial charge < -0.3 is 15.4 Å². The van der Waals surface area contributed by atoms with Crippen LogP contribution in [0.25, 0.3) is 0 Å². The van der Waals surface area contributed by atoms with E-state index in [-0.39, 0.29) is 18.2 Å². The fourth-order valence-electron chi connectivity index (χ4n) is 2.15. The van der Waals surface area contributed by atoms with Gasteiger partial charge in [0.25, 0.3) is 0 Å². The Kier molecular flexibility index (Phi) is 6.81. The molecule has 2 N–H and O–H groups in total. The fraction of sp³-hybridized carbons (Fsp3) is 0.222. The van der Waals surface area contributed by atoms with Gasteiger partial charge in [-0.25, -0.2) is 0 Å². The molecule has 5 nitrogen and oxygen atoms in total. The van der Waals surface area contributed by atoms with E-state index >= 15 is 0 Å². The Morgan fingerprint density at radius 1 is 1.08 bits per heavy atom. The predicted octanol–water partition coefficient (Wildman–Crippen LogP) is 3.15. The largest absolute Gasteiger partial charge is 0.497 e. The Bertz CT molecular complexity index is 719. The number of ether oxygens (including phenoxy) is 1. The van der Waals surface area contributed by atoms with Crippen LogP contribution in [0.15, 0.2) is 53.0 Å². The lowest BCUT2D eigenvalue weighted by Crippen LogP contribution is -2.29. The van der Waals surface area contributed by atoms with Crippen molar-refractivity contribution in [2.24, 2.45) is 0 Å². The second kappa shape index (κ2) is 9.08. The van der Waals surface area contributed by atoms with Crippen LogP contribution in [-0.2, 0) is 16.0 Å². The number of benzene rings is 2. The van der Waals surface area contributed by atoms with Crippen molar-refractivity contribution in [2.45, 2.75) is 12.8 Å². The van der Waals surface area contributed by atoms with Gasteiger partial charge in [-0.05, 0) is 42.3 Å². The van der Waals surface area contributed by atoms with Crippen LogP contribution in [-0.4, -0.2) is 25.5 Å². The standard InChI is InChI=1S/C18H19BrN2O3/c1-24-16-7-2-4-13(10-16)8-9-20-17(22)12-18(23)21-15-6-3-5-14(19)11-15/h2-7,10-11H,8-9,12H2,1H3,(H,20,22)(H,21,23). The van der Waals surface area contributed by atoms with Crippen molar-refractivity contribution in [1.29, 1.82) is 0 Å². The molecule has 0 aliphatic heterocycles. The highest BCUT2D eigenvalue weighted by Gasteiger charge is 2.09. The van der Waals surface area contributed by atoms with E-state index in [2.05, 4.69) is 26.6 Å². The smallest absolute Gasteiger partial charge is 0.233 e. The maximum absolute atomic E-state index is 11.8. The molecule has 0 aliphatic carbocycles. The minimum absolute atomic E-state index is 0.204. The van der Waals surface area contributed by atoms with Crippen molar-refractivity contribution in [1.82, 2.24) is 5.32 Å². The number of anilines is 1. The molecular weight excluding hydrogens is 372 g/mol. The summed E-state index contributed by atoms with van der Waals surface area (Å²) in [5, 5.41) is 5.44. The summed E-state index contributed by atoms with van der Waals surface area (Å²) < 4.78 is 6.02.